The lowest BCUT2D eigenvalue weighted by Gasteiger charge is -2.28. The third-order valence-corrected chi connectivity index (χ3v) is 4.87. The fourth-order valence-corrected chi connectivity index (χ4v) is 3.41. The summed E-state index contributed by atoms with van der Waals surface area (Å²) in [6, 6.07) is 7.83. The van der Waals surface area contributed by atoms with Crippen LogP contribution < -0.4 is 15.8 Å². The Morgan fingerprint density at radius 1 is 1.33 bits per heavy atom. The molecular formula is C16H24N2O2S. The van der Waals surface area contributed by atoms with Crippen LogP contribution in [0, 0.1) is 0 Å². The summed E-state index contributed by atoms with van der Waals surface area (Å²) >= 11 is 1.54. The number of rotatable bonds is 7. The molecule has 116 valence electrons. The van der Waals surface area contributed by atoms with Gasteiger partial charge in [0.25, 0.3) is 0 Å². The molecular weight excluding hydrogens is 284 g/mol. The van der Waals surface area contributed by atoms with Gasteiger partial charge in [0, 0.05) is 11.4 Å². The molecule has 3 N–H and O–H groups in total. The van der Waals surface area contributed by atoms with E-state index in [0.717, 1.165) is 36.3 Å². The first-order valence-electron chi connectivity index (χ1n) is 7.54. The van der Waals surface area contributed by atoms with Gasteiger partial charge in [0.15, 0.2) is 0 Å². The standard InChI is InChI=1S/C16H24N2O2S/c1-2-20-13-5-7-14(8-6-13)21-11-15(19)18-16(12-17)9-3-4-10-16/h5-8H,2-4,9-12,17H2,1H3,(H,18,19). The van der Waals surface area contributed by atoms with E-state index in [2.05, 4.69) is 5.32 Å². The molecule has 5 heteroatoms. The molecule has 0 bridgehead atoms. The van der Waals surface area contributed by atoms with Crippen LogP contribution in [0.4, 0.5) is 0 Å². The molecule has 1 saturated carbocycles. The lowest BCUT2D eigenvalue weighted by atomic mass is 9.98. The third-order valence-electron chi connectivity index (χ3n) is 3.86. The summed E-state index contributed by atoms with van der Waals surface area (Å²) in [4.78, 5) is 13.2. The van der Waals surface area contributed by atoms with E-state index in [4.69, 9.17) is 10.5 Å². The Labute approximate surface area is 130 Å². The summed E-state index contributed by atoms with van der Waals surface area (Å²) in [5.41, 5.74) is 5.68. The van der Waals surface area contributed by atoms with Crippen molar-refractivity contribution in [3.63, 3.8) is 0 Å². The minimum Gasteiger partial charge on any atom is -0.494 e. The van der Waals surface area contributed by atoms with Crippen LogP contribution in [0.25, 0.3) is 0 Å². The first kappa shape index (κ1) is 16.2. The van der Waals surface area contributed by atoms with Crippen LogP contribution in [0.2, 0.25) is 0 Å². The Kier molecular flexibility index (Phi) is 5.94. The second-order valence-electron chi connectivity index (χ2n) is 5.43. The summed E-state index contributed by atoms with van der Waals surface area (Å²) in [6.07, 6.45) is 4.32. The summed E-state index contributed by atoms with van der Waals surface area (Å²) in [5, 5.41) is 3.13. The predicted molar refractivity (Wildman–Crippen MR) is 86.7 cm³/mol. The minimum atomic E-state index is -0.156. The fraction of sp³-hybridized carbons (Fsp3) is 0.562. The highest BCUT2D eigenvalue weighted by atomic mass is 32.2. The zero-order valence-corrected chi connectivity index (χ0v) is 13.4. The largest absolute Gasteiger partial charge is 0.494 e. The van der Waals surface area contributed by atoms with Gasteiger partial charge in [0.1, 0.15) is 5.75 Å². The number of thioether (sulfide) groups is 1. The van der Waals surface area contributed by atoms with Crippen molar-refractivity contribution in [3.8, 4) is 5.75 Å². The van der Waals surface area contributed by atoms with Crippen LogP contribution >= 0.6 is 11.8 Å². The molecule has 21 heavy (non-hydrogen) atoms. The molecule has 1 aromatic carbocycles. The Hall–Kier alpha value is -1.20. The van der Waals surface area contributed by atoms with E-state index in [1.807, 2.05) is 31.2 Å². The van der Waals surface area contributed by atoms with Crippen molar-refractivity contribution < 1.29 is 9.53 Å². The average molecular weight is 308 g/mol. The molecule has 0 unspecified atom stereocenters. The van der Waals surface area contributed by atoms with E-state index < -0.39 is 0 Å². The highest BCUT2D eigenvalue weighted by Crippen LogP contribution is 2.29. The van der Waals surface area contributed by atoms with Crippen molar-refractivity contribution in [1.29, 1.82) is 0 Å². The fourth-order valence-electron chi connectivity index (χ4n) is 2.71. The number of hydrogen-bond donors (Lipinski definition) is 2. The SMILES string of the molecule is CCOc1ccc(SCC(=O)NC2(CN)CCCC2)cc1. The molecule has 0 aromatic heterocycles. The maximum atomic E-state index is 12.1. The van der Waals surface area contributed by atoms with Gasteiger partial charge in [-0.15, -0.1) is 11.8 Å². The number of carbonyl (C=O) groups excluding carboxylic acids is 1. The highest BCUT2D eigenvalue weighted by molar-refractivity contribution is 8.00. The van der Waals surface area contributed by atoms with Gasteiger partial charge in [0.2, 0.25) is 5.91 Å². The van der Waals surface area contributed by atoms with Gasteiger partial charge >= 0.3 is 0 Å². The van der Waals surface area contributed by atoms with Crippen LogP contribution in [0.3, 0.4) is 0 Å². The van der Waals surface area contributed by atoms with Gasteiger partial charge in [-0.3, -0.25) is 4.79 Å². The Morgan fingerprint density at radius 2 is 2.00 bits per heavy atom. The third kappa shape index (κ3) is 4.64. The number of ether oxygens (including phenoxy) is 1. The first-order chi connectivity index (χ1) is 10.2. The van der Waals surface area contributed by atoms with Crippen molar-refractivity contribution >= 4 is 17.7 Å². The summed E-state index contributed by atoms with van der Waals surface area (Å²) in [5.74, 6) is 1.36. The van der Waals surface area contributed by atoms with E-state index in [-0.39, 0.29) is 11.4 Å². The summed E-state index contributed by atoms with van der Waals surface area (Å²) in [7, 11) is 0. The van der Waals surface area contributed by atoms with Gasteiger partial charge < -0.3 is 15.8 Å². The molecule has 0 radical (unpaired) electrons. The van der Waals surface area contributed by atoms with Crippen LogP contribution in [0.1, 0.15) is 32.6 Å². The molecule has 0 saturated heterocycles. The van der Waals surface area contributed by atoms with Crippen LogP contribution in [-0.2, 0) is 4.79 Å². The van der Waals surface area contributed by atoms with Gasteiger partial charge in [0.05, 0.1) is 17.9 Å². The minimum absolute atomic E-state index is 0.0706. The van der Waals surface area contributed by atoms with Crippen LogP contribution in [0.5, 0.6) is 5.75 Å². The van der Waals surface area contributed by atoms with E-state index in [1.165, 1.54) is 11.8 Å². The van der Waals surface area contributed by atoms with Crippen molar-refractivity contribution in [2.45, 2.75) is 43.0 Å². The smallest absolute Gasteiger partial charge is 0.230 e. The lowest BCUT2D eigenvalue weighted by Crippen LogP contribution is -2.52. The molecule has 1 amide bonds. The second kappa shape index (κ2) is 7.71. The van der Waals surface area contributed by atoms with Crippen molar-refractivity contribution in [1.82, 2.24) is 5.32 Å². The number of carbonyl (C=O) groups is 1. The van der Waals surface area contributed by atoms with Crippen LogP contribution in [-0.4, -0.2) is 30.4 Å². The lowest BCUT2D eigenvalue weighted by molar-refractivity contribution is -0.120. The van der Waals surface area contributed by atoms with Crippen molar-refractivity contribution in [2.75, 3.05) is 18.9 Å². The molecule has 0 heterocycles. The molecule has 0 atom stereocenters. The number of nitrogens with two attached hydrogens (primary N) is 1. The molecule has 0 spiro atoms. The topological polar surface area (TPSA) is 64.3 Å². The molecule has 1 aromatic rings. The Morgan fingerprint density at radius 3 is 2.57 bits per heavy atom. The number of hydrogen-bond acceptors (Lipinski definition) is 4. The molecule has 1 aliphatic carbocycles. The first-order valence-corrected chi connectivity index (χ1v) is 8.53. The average Bonchev–Trinajstić information content (AvgIpc) is 2.96. The quantitative estimate of drug-likeness (QED) is 0.760. The molecule has 2 rings (SSSR count). The highest BCUT2D eigenvalue weighted by Gasteiger charge is 2.33. The van der Waals surface area contributed by atoms with Gasteiger partial charge in [-0.2, -0.15) is 0 Å². The summed E-state index contributed by atoms with van der Waals surface area (Å²) in [6.45, 7) is 3.16. The normalized spacial score (nSPS) is 16.7. The van der Waals surface area contributed by atoms with E-state index >= 15 is 0 Å². The Balaban J connectivity index is 1.80. The molecule has 1 fully saturated rings. The molecule has 4 nitrogen and oxygen atoms in total. The maximum absolute atomic E-state index is 12.1. The number of amides is 1. The van der Waals surface area contributed by atoms with Crippen LogP contribution in [0.15, 0.2) is 29.2 Å². The van der Waals surface area contributed by atoms with E-state index in [9.17, 15) is 4.79 Å². The predicted octanol–water partition coefficient (Wildman–Crippen LogP) is 2.57. The van der Waals surface area contributed by atoms with Crippen molar-refractivity contribution in [3.05, 3.63) is 24.3 Å². The molecule has 0 aliphatic heterocycles. The van der Waals surface area contributed by atoms with E-state index in [1.54, 1.807) is 0 Å². The molecule has 1 aliphatic rings. The summed E-state index contributed by atoms with van der Waals surface area (Å²) < 4.78 is 5.40. The van der Waals surface area contributed by atoms with Crippen molar-refractivity contribution in [2.24, 2.45) is 5.73 Å². The zero-order chi connectivity index (χ0) is 15.1. The van der Waals surface area contributed by atoms with Gasteiger partial charge in [-0.1, -0.05) is 12.8 Å². The zero-order valence-electron chi connectivity index (χ0n) is 12.6. The van der Waals surface area contributed by atoms with E-state index in [0.29, 0.717) is 18.9 Å². The maximum Gasteiger partial charge on any atom is 0.230 e. The van der Waals surface area contributed by atoms with Gasteiger partial charge in [-0.25, -0.2) is 0 Å². The number of nitrogens with one attached hydrogen (secondary N) is 1. The second-order valence-corrected chi connectivity index (χ2v) is 6.48. The number of benzene rings is 1. The monoisotopic (exact) mass is 308 g/mol. The van der Waals surface area contributed by atoms with Gasteiger partial charge in [-0.05, 0) is 44.0 Å². The Bertz CT molecular complexity index is 456.